The lowest BCUT2D eigenvalue weighted by molar-refractivity contribution is -0.141. The van der Waals surface area contributed by atoms with E-state index in [1.165, 1.54) is 12.1 Å². The van der Waals surface area contributed by atoms with E-state index in [0.717, 1.165) is 0 Å². The van der Waals surface area contributed by atoms with E-state index in [0.29, 0.717) is 5.56 Å². The average Bonchev–Trinajstić information content (AvgIpc) is 2.44. The molecule has 21 heavy (non-hydrogen) atoms. The third kappa shape index (κ3) is 2.65. The first kappa shape index (κ1) is 15.5. The zero-order chi connectivity index (χ0) is 15.8. The van der Waals surface area contributed by atoms with Gasteiger partial charge in [0.2, 0.25) is 0 Å². The summed E-state index contributed by atoms with van der Waals surface area (Å²) >= 11 is 0. The number of rotatable bonds is 4. The normalized spacial score (nSPS) is 26.8. The number of benzene rings is 1. The van der Waals surface area contributed by atoms with Crippen molar-refractivity contribution in [3.63, 3.8) is 0 Å². The average molecular weight is 291 g/mol. The maximum Gasteiger partial charge on any atom is 0.335 e. The molecule has 3 atom stereocenters. The molecular weight excluding hydrogens is 270 g/mol. The van der Waals surface area contributed by atoms with Gasteiger partial charge in [-0.15, -0.1) is 0 Å². The molecule has 5 heteroatoms. The highest BCUT2D eigenvalue weighted by atomic mass is 16.5. The SMILES string of the molecule is CO[C@@H]1[C@@H](C)[C@H](NC(=O)c2cccc(C(=O)O)c2)C1(C)C. The second kappa shape index (κ2) is 5.48. The van der Waals surface area contributed by atoms with Crippen molar-refractivity contribution in [2.24, 2.45) is 11.3 Å². The largest absolute Gasteiger partial charge is 0.478 e. The number of amides is 1. The monoisotopic (exact) mass is 291 g/mol. The van der Waals surface area contributed by atoms with Gasteiger partial charge in [-0.2, -0.15) is 0 Å². The van der Waals surface area contributed by atoms with Gasteiger partial charge in [0.1, 0.15) is 0 Å². The Balaban J connectivity index is 2.12. The summed E-state index contributed by atoms with van der Waals surface area (Å²) in [4.78, 5) is 23.3. The summed E-state index contributed by atoms with van der Waals surface area (Å²) in [6.07, 6.45) is 0.105. The van der Waals surface area contributed by atoms with Gasteiger partial charge < -0.3 is 15.2 Å². The molecule has 0 spiro atoms. The van der Waals surface area contributed by atoms with Gasteiger partial charge in [-0.1, -0.05) is 26.8 Å². The number of carbonyl (C=O) groups is 2. The third-order valence-electron chi connectivity index (χ3n) is 4.45. The van der Waals surface area contributed by atoms with Crippen molar-refractivity contribution >= 4 is 11.9 Å². The van der Waals surface area contributed by atoms with Crippen molar-refractivity contribution < 1.29 is 19.4 Å². The molecule has 0 aromatic heterocycles. The Morgan fingerprint density at radius 3 is 2.43 bits per heavy atom. The standard InChI is InChI=1S/C16H21NO4/c1-9-12(16(2,3)13(9)21-4)17-14(18)10-6-5-7-11(8-10)15(19)20/h5-9,12-13H,1-4H3,(H,17,18)(H,19,20)/t9-,12-,13+/m0/s1. The molecule has 1 aliphatic carbocycles. The molecule has 2 N–H and O–H groups in total. The number of ether oxygens (including phenoxy) is 1. The Hall–Kier alpha value is -1.88. The highest BCUT2D eigenvalue weighted by Crippen LogP contribution is 2.46. The number of carbonyl (C=O) groups excluding carboxylic acids is 1. The minimum atomic E-state index is -1.04. The Morgan fingerprint density at radius 2 is 1.90 bits per heavy atom. The van der Waals surface area contributed by atoms with Crippen LogP contribution in [0.5, 0.6) is 0 Å². The maximum absolute atomic E-state index is 12.3. The van der Waals surface area contributed by atoms with Crippen molar-refractivity contribution in [2.45, 2.75) is 32.9 Å². The van der Waals surface area contributed by atoms with Crippen molar-refractivity contribution in [1.29, 1.82) is 0 Å². The summed E-state index contributed by atoms with van der Waals surface area (Å²) < 4.78 is 5.45. The molecule has 1 fully saturated rings. The van der Waals surface area contributed by atoms with Crippen LogP contribution in [0.4, 0.5) is 0 Å². The second-order valence-electron chi connectivity index (χ2n) is 6.17. The fourth-order valence-corrected chi connectivity index (χ4v) is 3.44. The van der Waals surface area contributed by atoms with Crippen LogP contribution in [-0.4, -0.2) is 36.2 Å². The van der Waals surface area contributed by atoms with Gasteiger partial charge in [0.05, 0.1) is 11.7 Å². The van der Waals surface area contributed by atoms with E-state index in [1.807, 2.05) is 6.92 Å². The molecule has 0 saturated heterocycles. The smallest absolute Gasteiger partial charge is 0.335 e. The number of carboxylic acid groups (broad SMARTS) is 1. The Labute approximate surface area is 124 Å². The lowest BCUT2D eigenvalue weighted by atomic mass is 9.58. The summed E-state index contributed by atoms with van der Waals surface area (Å²) in [5, 5.41) is 12.0. The van der Waals surface area contributed by atoms with E-state index in [4.69, 9.17) is 9.84 Å². The van der Waals surface area contributed by atoms with E-state index in [2.05, 4.69) is 19.2 Å². The van der Waals surface area contributed by atoms with Crippen LogP contribution in [0.15, 0.2) is 24.3 Å². The number of hydrogen-bond acceptors (Lipinski definition) is 3. The molecule has 1 aliphatic rings. The Bertz CT molecular complexity index is 567. The predicted molar refractivity (Wildman–Crippen MR) is 78.4 cm³/mol. The number of nitrogens with one attached hydrogen (secondary N) is 1. The highest BCUT2D eigenvalue weighted by molar-refractivity contribution is 5.97. The van der Waals surface area contributed by atoms with E-state index >= 15 is 0 Å². The molecule has 1 saturated carbocycles. The minimum absolute atomic E-state index is 0.00318. The number of carboxylic acids is 1. The molecule has 0 bridgehead atoms. The second-order valence-corrected chi connectivity index (χ2v) is 6.17. The first-order chi connectivity index (χ1) is 9.78. The van der Waals surface area contributed by atoms with Gasteiger partial charge in [0.25, 0.3) is 5.91 Å². The topological polar surface area (TPSA) is 75.6 Å². The van der Waals surface area contributed by atoms with Crippen LogP contribution >= 0.6 is 0 Å². The van der Waals surface area contributed by atoms with Gasteiger partial charge in [-0.25, -0.2) is 4.79 Å². The summed E-state index contributed by atoms with van der Waals surface area (Å²) in [6, 6.07) is 6.05. The molecule has 1 aromatic rings. The predicted octanol–water partition coefficient (Wildman–Crippen LogP) is 2.17. The van der Waals surface area contributed by atoms with E-state index in [9.17, 15) is 9.59 Å². The van der Waals surface area contributed by atoms with Crippen LogP contribution in [0.25, 0.3) is 0 Å². The minimum Gasteiger partial charge on any atom is -0.478 e. The van der Waals surface area contributed by atoms with Crippen molar-refractivity contribution in [3.8, 4) is 0 Å². The van der Waals surface area contributed by atoms with Crippen molar-refractivity contribution in [3.05, 3.63) is 35.4 Å². The molecule has 1 aromatic carbocycles. The molecule has 0 aliphatic heterocycles. The fraction of sp³-hybridized carbons (Fsp3) is 0.500. The first-order valence-electron chi connectivity index (χ1n) is 6.96. The van der Waals surface area contributed by atoms with Crippen molar-refractivity contribution in [1.82, 2.24) is 5.32 Å². The number of hydrogen-bond donors (Lipinski definition) is 2. The zero-order valence-corrected chi connectivity index (χ0v) is 12.7. The summed E-state index contributed by atoms with van der Waals surface area (Å²) in [5.74, 6) is -1.07. The lowest BCUT2D eigenvalue weighted by Gasteiger charge is -2.56. The van der Waals surface area contributed by atoms with Crippen LogP contribution in [0.3, 0.4) is 0 Å². The summed E-state index contributed by atoms with van der Waals surface area (Å²) in [7, 11) is 1.68. The summed E-state index contributed by atoms with van der Waals surface area (Å²) in [5.41, 5.74) is 0.325. The molecule has 0 heterocycles. The van der Waals surface area contributed by atoms with Crippen LogP contribution < -0.4 is 5.32 Å². The molecule has 0 radical (unpaired) electrons. The fourth-order valence-electron chi connectivity index (χ4n) is 3.44. The first-order valence-corrected chi connectivity index (χ1v) is 6.96. The molecule has 0 unspecified atom stereocenters. The number of methoxy groups -OCH3 is 1. The molecule has 114 valence electrons. The van der Waals surface area contributed by atoms with Gasteiger partial charge in [-0.05, 0) is 18.2 Å². The maximum atomic E-state index is 12.3. The Morgan fingerprint density at radius 1 is 1.29 bits per heavy atom. The lowest BCUT2D eigenvalue weighted by Crippen LogP contribution is -2.67. The quantitative estimate of drug-likeness (QED) is 0.891. The van der Waals surface area contributed by atoms with E-state index in [1.54, 1.807) is 19.2 Å². The third-order valence-corrected chi connectivity index (χ3v) is 4.45. The van der Waals surface area contributed by atoms with Crippen LogP contribution in [0, 0.1) is 11.3 Å². The van der Waals surface area contributed by atoms with Gasteiger partial charge in [0, 0.05) is 30.0 Å². The molecular formula is C16H21NO4. The number of aromatic carboxylic acids is 1. The van der Waals surface area contributed by atoms with Gasteiger partial charge in [0.15, 0.2) is 0 Å². The van der Waals surface area contributed by atoms with Crippen molar-refractivity contribution in [2.75, 3.05) is 7.11 Å². The van der Waals surface area contributed by atoms with Crippen LogP contribution in [0.2, 0.25) is 0 Å². The van der Waals surface area contributed by atoms with Gasteiger partial charge in [-0.3, -0.25) is 4.79 Å². The zero-order valence-electron chi connectivity index (χ0n) is 12.7. The molecule has 2 rings (SSSR count). The van der Waals surface area contributed by atoms with Gasteiger partial charge >= 0.3 is 5.97 Å². The highest BCUT2D eigenvalue weighted by Gasteiger charge is 2.55. The van der Waals surface area contributed by atoms with E-state index in [-0.39, 0.29) is 34.9 Å². The summed E-state index contributed by atoms with van der Waals surface area (Å²) in [6.45, 7) is 6.15. The van der Waals surface area contributed by atoms with E-state index < -0.39 is 5.97 Å². The molecule has 5 nitrogen and oxygen atoms in total. The van der Waals surface area contributed by atoms with Crippen LogP contribution in [-0.2, 0) is 4.74 Å². The molecule has 1 amide bonds. The Kier molecular flexibility index (Phi) is 4.05. The van der Waals surface area contributed by atoms with Crippen LogP contribution in [0.1, 0.15) is 41.5 Å².